The highest BCUT2D eigenvalue weighted by atomic mass is 16.1. The van der Waals surface area contributed by atoms with Crippen LogP contribution in [0.1, 0.15) is 19.3 Å². The molecule has 1 saturated carbocycles. The molecule has 1 aliphatic heterocycles. The average Bonchev–Trinajstić information content (AvgIpc) is 1.71. The smallest absolute Gasteiger partial charge is 0.217 e. The van der Waals surface area contributed by atoms with Crippen LogP contribution in [0.5, 0.6) is 0 Å². The van der Waals surface area contributed by atoms with Gasteiger partial charge >= 0.3 is 0 Å². The summed E-state index contributed by atoms with van der Waals surface area (Å²) < 4.78 is 0. The highest BCUT2D eigenvalue weighted by Gasteiger charge is 2.48. The monoisotopic (exact) mass is 154 g/mol. The zero-order valence-electron chi connectivity index (χ0n) is 6.60. The molecule has 1 saturated heterocycles. The Bertz CT molecular complexity index is 179. The second-order valence-corrected chi connectivity index (χ2v) is 4.05. The quantitative estimate of drug-likeness (QED) is 0.581. The minimum absolute atomic E-state index is 0.142. The van der Waals surface area contributed by atoms with E-state index in [1.54, 1.807) is 0 Å². The summed E-state index contributed by atoms with van der Waals surface area (Å²) in [5, 5.41) is 3.26. The van der Waals surface area contributed by atoms with Gasteiger partial charge in [0.05, 0.1) is 0 Å². The van der Waals surface area contributed by atoms with Crippen LogP contribution in [0.2, 0.25) is 0 Å². The van der Waals surface area contributed by atoms with E-state index in [0.29, 0.717) is 17.8 Å². The molecular weight excluding hydrogens is 140 g/mol. The number of hydrogen-bond acceptors (Lipinski definition) is 2. The number of carbonyl (C=O) groups excluding carboxylic acids is 1. The zero-order chi connectivity index (χ0) is 7.90. The van der Waals surface area contributed by atoms with Crippen molar-refractivity contribution >= 4 is 5.91 Å². The summed E-state index contributed by atoms with van der Waals surface area (Å²) in [5.74, 6) is 0.451. The molecule has 62 valence electrons. The summed E-state index contributed by atoms with van der Waals surface area (Å²) in [5.41, 5.74) is 5.68. The maximum absolute atomic E-state index is 10.5. The van der Waals surface area contributed by atoms with Crippen molar-refractivity contribution in [1.29, 1.82) is 0 Å². The minimum atomic E-state index is -0.142. The molecular formula is C8H14N2O. The first-order valence-corrected chi connectivity index (χ1v) is 4.19. The Morgan fingerprint density at radius 2 is 2.18 bits per heavy atom. The summed E-state index contributed by atoms with van der Waals surface area (Å²) in [7, 11) is 0. The molecule has 2 aliphatic rings. The Morgan fingerprint density at radius 3 is 2.55 bits per heavy atom. The fourth-order valence-corrected chi connectivity index (χ4v) is 2.36. The van der Waals surface area contributed by atoms with E-state index in [9.17, 15) is 4.79 Å². The molecule has 1 spiro atoms. The van der Waals surface area contributed by atoms with Gasteiger partial charge in [0.25, 0.3) is 0 Å². The molecule has 1 heterocycles. The van der Waals surface area contributed by atoms with Crippen molar-refractivity contribution in [3.63, 3.8) is 0 Å². The van der Waals surface area contributed by atoms with Gasteiger partial charge in [0.2, 0.25) is 5.91 Å². The standard InChI is InChI=1S/C8H14N2O/c9-7(11)1-6-2-8(3-6)4-10-5-8/h6,10H,1-5H2,(H2,9,11). The predicted octanol–water partition coefficient (Wildman–Crippen LogP) is -0.139. The normalized spacial score (nSPS) is 27.6. The fraction of sp³-hybridized carbons (Fsp3) is 0.875. The van der Waals surface area contributed by atoms with Crippen molar-refractivity contribution in [2.75, 3.05) is 13.1 Å². The van der Waals surface area contributed by atoms with Crippen LogP contribution in [-0.2, 0) is 4.79 Å². The molecule has 3 N–H and O–H groups in total. The second-order valence-electron chi connectivity index (χ2n) is 4.05. The summed E-state index contributed by atoms with van der Waals surface area (Å²) in [6.07, 6.45) is 3.02. The van der Waals surface area contributed by atoms with E-state index in [4.69, 9.17) is 5.73 Å². The van der Waals surface area contributed by atoms with E-state index in [-0.39, 0.29) is 5.91 Å². The number of amides is 1. The van der Waals surface area contributed by atoms with Crippen LogP contribution in [0.25, 0.3) is 0 Å². The largest absolute Gasteiger partial charge is 0.370 e. The van der Waals surface area contributed by atoms with Crippen molar-refractivity contribution in [3.05, 3.63) is 0 Å². The van der Waals surface area contributed by atoms with Gasteiger partial charge in [-0.2, -0.15) is 0 Å². The first-order valence-electron chi connectivity index (χ1n) is 4.19. The van der Waals surface area contributed by atoms with Gasteiger partial charge in [0.15, 0.2) is 0 Å². The molecule has 0 aromatic carbocycles. The van der Waals surface area contributed by atoms with Gasteiger partial charge in [-0.05, 0) is 24.2 Å². The van der Waals surface area contributed by atoms with Crippen LogP contribution in [0, 0.1) is 11.3 Å². The molecule has 0 unspecified atom stereocenters. The molecule has 0 radical (unpaired) electrons. The fourth-order valence-electron chi connectivity index (χ4n) is 2.36. The minimum Gasteiger partial charge on any atom is -0.370 e. The topological polar surface area (TPSA) is 55.1 Å². The van der Waals surface area contributed by atoms with Crippen LogP contribution in [0.15, 0.2) is 0 Å². The number of rotatable bonds is 2. The van der Waals surface area contributed by atoms with E-state index in [0.717, 1.165) is 13.1 Å². The van der Waals surface area contributed by atoms with Crippen molar-refractivity contribution in [3.8, 4) is 0 Å². The second kappa shape index (κ2) is 2.21. The Labute approximate surface area is 66.3 Å². The molecule has 11 heavy (non-hydrogen) atoms. The van der Waals surface area contributed by atoms with Crippen molar-refractivity contribution in [2.45, 2.75) is 19.3 Å². The molecule has 0 aromatic heterocycles. The van der Waals surface area contributed by atoms with Crippen LogP contribution >= 0.6 is 0 Å². The SMILES string of the molecule is NC(=O)CC1CC2(CNC2)C1. The molecule has 2 fully saturated rings. The number of nitrogens with two attached hydrogens (primary N) is 1. The Hall–Kier alpha value is -0.570. The third kappa shape index (κ3) is 1.13. The van der Waals surface area contributed by atoms with E-state index < -0.39 is 0 Å². The summed E-state index contributed by atoms with van der Waals surface area (Å²) >= 11 is 0. The summed E-state index contributed by atoms with van der Waals surface area (Å²) in [4.78, 5) is 10.5. The third-order valence-corrected chi connectivity index (χ3v) is 2.93. The lowest BCUT2D eigenvalue weighted by molar-refractivity contribution is -0.121. The van der Waals surface area contributed by atoms with Gasteiger partial charge in [-0.25, -0.2) is 0 Å². The van der Waals surface area contributed by atoms with Crippen LogP contribution in [0.4, 0.5) is 0 Å². The number of hydrogen-bond donors (Lipinski definition) is 2. The van der Waals surface area contributed by atoms with Crippen LogP contribution in [-0.4, -0.2) is 19.0 Å². The molecule has 1 aliphatic carbocycles. The molecule has 2 rings (SSSR count). The van der Waals surface area contributed by atoms with Crippen molar-refractivity contribution in [1.82, 2.24) is 5.32 Å². The summed E-state index contributed by atoms with van der Waals surface area (Å²) in [6.45, 7) is 2.31. The molecule has 1 amide bonds. The van der Waals surface area contributed by atoms with Gasteiger partial charge in [0, 0.05) is 19.5 Å². The highest BCUT2D eigenvalue weighted by Crippen LogP contribution is 2.49. The lowest BCUT2D eigenvalue weighted by Crippen LogP contribution is -2.60. The maximum Gasteiger partial charge on any atom is 0.217 e. The number of carbonyl (C=O) groups is 1. The highest BCUT2D eigenvalue weighted by molar-refractivity contribution is 5.74. The van der Waals surface area contributed by atoms with E-state index in [1.165, 1.54) is 12.8 Å². The Morgan fingerprint density at radius 1 is 1.55 bits per heavy atom. The van der Waals surface area contributed by atoms with Gasteiger partial charge in [-0.3, -0.25) is 4.79 Å². The van der Waals surface area contributed by atoms with Gasteiger partial charge in [-0.15, -0.1) is 0 Å². The lowest BCUT2D eigenvalue weighted by atomic mass is 9.58. The van der Waals surface area contributed by atoms with E-state index >= 15 is 0 Å². The maximum atomic E-state index is 10.5. The lowest BCUT2D eigenvalue weighted by Gasteiger charge is -2.54. The number of nitrogens with one attached hydrogen (secondary N) is 1. The van der Waals surface area contributed by atoms with Crippen molar-refractivity contribution in [2.24, 2.45) is 17.1 Å². The van der Waals surface area contributed by atoms with E-state index in [2.05, 4.69) is 5.32 Å². The Kier molecular flexibility index (Phi) is 1.42. The van der Waals surface area contributed by atoms with Gasteiger partial charge in [0.1, 0.15) is 0 Å². The molecule has 3 nitrogen and oxygen atoms in total. The van der Waals surface area contributed by atoms with Crippen LogP contribution < -0.4 is 11.1 Å². The molecule has 3 heteroatoms. The predicted molar refractivity (Wildman–Crippen MR) is 41.8 cm³/mol. The van der Waals surface area contributed by atoms with Gasteiger partial charge in [-0.1, -0.05) is 0 Å². The van der Waals surface area contributed by atoms with Crippen LogP contribution in [0.3, 0.4) is 0 Å². The number of primary amides is 1. The van der Waals surface area contributed by atoms with E-state index in [1.807, 2.05) is 0 Å². The first kappa shape index (κ1) is 7.10. The summed E-state index contributed by atoms with van der Waals surface area (Å²) in [6, 6.07) is 0. The van der Waals surface area contributed by atoms with Crippen molar-refractivity contribution < 1.29 is 4.79 Å². The third-order valence-electron chi connectivity index (χ3n) is 2.93. The average molecular weight is 154 g/mol. The molecule has 0 atom stereocenters. The molecule has 0 aromatic rings. The van der Waals surface area contributed by atoms with Gasteiger partial charge < -0.3 is 11.1 Å². The first-order chi connectivity index (χ1) is 5.20. The Balaban J connectivity index is 1.75. The molecule has 0 bridgehead atoms. The zero-order valence-corrected chi connectivity index (χ0v) is 6.60.